The van der Waals surface area contributed by atoms with Crippen LogP contribution in [0.1, 0.15) is 10.4 Å². The first-order valence-corrected chi connectivity index (χ1v) is 2.77. The van der Waals surface area contributed by atoms with Crippen LogP contribution in [0.4, 0.5) is 5.69 Å². The monoisotopic (exact) mass is 143 g/mol. The summed E-state index contributed by atoms with van der Waals surface area (Å²) >= 11 is 0. The number of benzene rings is 1. The topological polar surface area (TPSA) is 66.2 Å². The number of aromatic carboxylic acids is 1. The molecule has 0 heterocycles. The quantitative estimate of drug-likeness (QED) is 0.329. The van der Waals surface area contributed by atoms with Gasteiger partial charge in [0.2, 0.25) is 0 Å². The van der Waals surface area contributed by atoms with Gasteiger partial charge in [-0.3, -0.25) is 0 Å². The molecule has 2 N–H and O–H groups in total. The van der Waals surface area contributed by atoms with Crippen LogP contribution in [0.15, 0.2) is 24.3 Å². The van der Waals surface area contributed by atoms with E-state index in [0.29, 0.717) is 5.69 Å². The van der Waals surface area contributed by atoms with Crippen LogP contribution in [0.2, 0.25) is 0 Å². The van der Waals surface area contributed by atoms with E-state index in [0.717, 1.165) is 0 Å². The van der Waals surface area contributed by atoms with Gasteiger partial charge >= 0.3 is 18.9 Å². The van der Waals surface area contributed by atoms with E-state index in [-0.39, 0.29) is 24.4 Å². The zero-order valence-corrected chi connectivity index (χ0v) is 6.20. The maximum Gasteiger partial charge on any atom is 1.00 e. The summed E-state index contributed by atoms with van der Waals surface area (Å²) in [6.07, 6.45) is 0. The number of rotatable bonds is 1. The van der Waals surface area contributed by atoms with Gasteiger partial charge in [-0.15, -0.1) is 0 Å². The fourth-order valence-corrected chi connectivity index (χ4v) is 0.666. The Balaban J connectivity index is 0.000001000. The van der Waals surface area contributed by atoms with E-state index in [9.17, 15) is 9.90 Å². The van der Waals surface area contributed by atoms with Crippen molar-refractivity contribution >= 4 is 11.7 Å². The molecule has 0 unspecified atom stereocenters. The van der Waals surface area contributed by atoms with Crippen molar-refractivity contribution in [2.24, 2.45) is 0 Å². The summed E-state index contributed by atoms with van der Waals surface area (Å²) in [6, 6.07) is 5.98. The number of nitrogens with two attached hydrogens (primary N) is 1. The molecule has 0 aromatic heterocycles. The summed E-state index contributed by atoms with van der Waals surface area (Å²) in [5.74, 6) is -1.20. The molecule has 52 valence electrons. The number of carbonyl (C=O) groups excluding carboxylic acids is 1. The van der Waals surface area contributed by atoms with Gasteiger partial charge in [0.15, 0.2) is 0 Å². The normalized spacial score (nSPS) is 8.36. The Morgan fingerprint density at radius 2 is 2.09 bits per heavy atom. The molecule has 0 aliphatic carbocycles. The number of carbonyl (C=O) groups is 1. The summed E-state index contributed by atoms with van der Waals surface area (Å²) in [7, 11) is 0. The summed E-state index contributed by atoms with van der Waals surface area (Å²) in [4.78, 5) is 10.2. The molecule has 11 heavy (non-hydrogen) atoms. The fourth-order valence-electron chi connectivity index (χ4n) is 0.666. The smallest absolute Gasteiger partial charge is 0.545 e. The van der Waals surface area contributed by atoms with Gasteiger partial charge in [-0.05, 0) is 17.7 Å². The summed E-state index contributed by atoms with van der Waals surface area (Å²) in [5.41, 5.74) is 5.85. The molecule has 0 radical (unpaired) electrons. The van der Waals surface area contributed by atoms with Crippen LogP contribution in [0.3, 0.4) is 0 Å². The van der Waals surface area contributed by atoms with Gasteiger partial charge in [-0.25, -0.2) is 0 Å². The third kappa shape index (κ3) is 2.67. The molecule has 0 saturated heterocycles. The minimum absolute atomic E-state index is 0. The van der Waals surface area contributed by atoms with Crippen molar-refractivity contribution in [3.05, 3.63) is 29.8 Å². The van der Waals surface area contributed by atoms with E-state index in [2.05, 4.69) is 0 Å². The molecule has 0 aliphatic rings. The average molecular weight is 143 g/mol. The SMILES string of the molecule is Nc1cccc(C(=O)[O-])c1.[Li+]. The molecule has 0 spiro atoms. The maximum absolute atomic E-state index is 10.2. The average Bonchev–Trinajstić information content (AvgIpc) is 1.88. The van der Waals surface area contributed by atoms with Crippen molar-refractivity contribution in [3.63, 3.8) is 0 Å². The Labute approximate surface area is 76.4 Å². The second-order valence-electron chi connectivity index (χ2n) is 1.91. The van der Waals surface area contributed by atoms with Crippen LogP contribution in [-0.4, -0.2) is 5.97 Å². The second kappa shape index (κ2) is 4.07. The Morgan fingerprint density at radius 1 is 1.45 bits per heavy atom. The molecule has 0 bridgehead atoms. The van der Waals surface area contributed by atoms with Crippen molar-refractivity contribution in [1.29, 1.82) is 0 Å². The van der Waals surface area contributed by atoms with E-state index < -0.39 is 5.97 Å². The Bertz CT molecular complexity index is 262. The summed E-state index contributed by atoms with van der Waals surface area (Å²) < 4.78 is 0. The third-order valence-electron chi connectivity index (χ3n) is 1.12. The van der Waals surface area contributed by atoms with Crippen molar-refractivity contribution in [3.8, 4) is 0 Å². The first kappa shape index (κ1) is 10.1. The largest absolute Gasteiger partial charge is 1.00 e. The first-order chi connectivity index (χ1) is 4.70. The van der Waals surface area contributed by atoms with Gasteiger partial charge in [0.1, 0.15) is 0 Å². The Morgan fingerprint density at radius 3 is 2.45 bits per heavy atom. The zero-order chi connectivity index (χ0) is 7.56. The molecular weight excluding hydrogens is 137 g/mol. The second-order valence-corrected chi connectivity index (χ2v) is 1.91. The summed E-state index contributed by atoms with van der Waals surface area (Å²) in [6.45, 7) is 0. The van der Waals surface area contributed by atoms with Crippen LogP contribution in [0.5, 0.6) is 0 Å². The number of anilines is 1. The Hall–Kier alpha value is -0.913. The molecule has 1 aromatic carbocycles. The van der Waals surface area contributed by atoms with Gasteiger partial charge in [-0.2, -0.15) is 0 Å². The molecule has 0 fully saturated rings. The van der Waals surface area contributed by atoms with E-state index in [4.69, 9.17) is 5.73 Å². The van der Waals surface area contributed by atoms with E-state index in [1.165, 1.54) is 12.1 Å². The Kier molecular flexibility index (Phi) is 3.73. The summed E-state index contributed by atoms with van der Waals surface area (Å²) in [5, 5.41) is 10.2. The molecule has 0 saturated carbocycles. The molecule has 0 atom stereocenters. The fraction of sp³-hybridized carbons (Fsp3) is 0. The number of hydrogen-bond donors (Lipinski definition) is 1. The predicted octanol–water partition coefficient (Wildman–Crippen LogP) is -3.36. The number of carboxylic acids is 1. The van der Waals surface area contributed by atoms with E-state index in [1.54, 1.807) is 12.1 Å². The van der Waals surface area contributed by atoms with Crippen molar-refractivity contribution in [1.82, 2.24) is 0 Å². The number of hydrogen-bond acceptors (Lipinski definition) is 3. The van der Waals surface area contributed by atoms with Gasteiger partial charge in [-0.1, -0.05) is 12.1 Å². The van der Waals surface area contributed by atoms with Gasteiger partial charge in [0, 0.05) is 5.69 Å². The number of nitrogen functional groups attached to an aromatic ring is 1. The minimum Gasteiger partial charge on any atom is -0.545 e. The first-order valence-electron chi connectivity index (χ1n) is 2.77. The van der Waals surface area contributed by atoms with Gasteiger partial charge < -0.3 is 15.6 Å². The van der Waals surface area contributed by atoms with Crippen LogP contribution >= 0.6 is 0 Å². The molecule has 3 nitrogen and oxygen atoms in total. The molecule has 1 rings (SSSR count). The predicted molar refractivity (Wildman–Crippen MR) is 35.2 cm³/mol. The van der Waals surface area contributed by atoms with Crippen LogP contribution in [-0.2, 0) is 0 Å². The van der Waals surface area contributed by atoms with Crippen LogP contribution in [0.25, 0.3) is 0 Å². The van der Waals surface area contributed by atoms with Gasteiger partial charge in [0.05, 0.1) is 5.97 Å². The van der Waals surface area contributed by atoms with Gasteiger partial charge in [0.25, 0.3) is 0 Å². The van der Waals surface area contributed by atoms with Crippen LogP contribution in [0, 0.1) is 0 Å². The standard InChI is InChI=1S/C7H7NO2.Li/c8-6-3-1-2-5(4-6)7(9)10;/h1-4H,8H2,(H,9,10);/q;+1/p-1. The molecule has 0 amide bonds. The molecule has 0 aliphatic heterocycles. The number of carboxylic acid groups (broad SMARTS) is 1. The van der Waals surface area contributed by atoms with Crippen molar-refractivity contribution in [2.75, 3.05) is 5.73 Å². The third-order valence-corrected chi connectivity index (χ3v) is 1.12. The van der Waals surface area contributed by atoms with E-state index >= 15 is 0 Å². The molecule has 1 aromatic rings. The zero-order valence-electron chi connectivity index (χ0n) is 6.20. The molecular formula is C7H6LiNO2. The maximum atomic E-state index is 10.2. The van der Waals surface area contributed by atoms with Crippen molar-refractivity contribution < 1.29 is 28.8 Å². The van der Waals surface area contributed by atoms with Crippen LogP contribution < -0.4 is 29.7 Å². The van der Waals surface area contributed by atoms with Crippen molar-refractivity contribution in [2.45, 2.75) is 0 Å². The minimum atomic E-state index is -1.20. The molecule has 4 heteroatoms. The van der Waals surface area contributed by atoms with E-state index in [1.807, 2.05) is 0 Å².